The van der Waals surface area contributed by atoms with Gasteiger partial charge in [0.25, 0.3) is 5.91 Å². The van der Waals surface area contributed by atoms with Crippen molar-refractivity contribution in [2.75, 3.05) is 23.8 Å². The molecule has 0 radical (unpaired) electrons. The number of rotatable bonds is 5. The number of hydrogen-bond acceptors (Lipinski definition) is 3. The normalized spacial score (nSPS) is 10.2. The van der Waals surface area contributed by atoms with Crippen molar-refractivity contribution < 1.29 is 9.90 Å². The third-order valence-corrected chi connectivity index (χ3v) is 3.26. The van der Waals surface area contributed by atoms with Gasteiger partial charge in [-0.2, -0.15) is 0 Å². The average molecular weight is 284 g/mol. The Hall–Kier alpha value is -2.49. The lowest BCUT2D eigenvalue weighted by Gasteiger charge is -2.19. The van der Waals surface area contributed by atoms with Gasteiger partial charge in [0.1, 0.15) is 5.75 Å². The SMILES string of the molecule is CCCNc1ccccc1C(=O)N(C)c1ccc(O)cc1. The first kappa shape index (κ1) is 14.9. The van der Waals surface area contributed by atoms with Crippen molar-refractivity contribution >= 4 is 17.3 Å². The van der Waals surface area contributed by atoms with E-state index in [4.69, 9.17) is 0 Å². The first-order valence-corrected chi connectivity index (χ1v) is 7.03. The maximum atomic E-state index is 12.6. The topological polar surface area (TPSA) is 52.6 Å². The van der Waals surface area contributed by atoms with E-state index in [-0.39, 0.29) is 11.7 Å². The third-order valence-electron chi connectivity index (χ3n) is 3.26. The first-order valence-electron chi connectivity index (χ1n) is 7.03. The van der Waals surface area contributed by atoms with Gasteiger partial charge in [-0.05, 0) is 42.8 Å². The van der Waals surface area contributed by atoms with Gasteiger partial charge in [-0.3, -0.25) is 4.79 Å². The van der Waals surface area contributed by atoms with Crippen LogP contribution < -0.4 is 10.2 Å². The highest BCUT2D eigenvalue weighted by atomic mass is 16.3. The van der Waals surface area contributed by atoms with Crippen LogP contribution in [0.5, 0.6) is 5.75 Å². The maximum Gasteiger partial charge on any atom is 0.260 e. The summed E-state index contributed by atoms with van der Waals surface area (Å²) in [6, 6.07) is 14.1. The highest BCUT2D eigenvalue weighted by Gasteiger charge is 2.16. The number of nitrogens with zero attached hydrogens (tertiary/aromatic N) is 1. The largest absolute Gasteiger partial charge is 0.508 e. The van der Waals surface area contributed by atoms with Crippen molar-refractivity contribution in [1.82, 2.24) is 0 Å². The average Bonchev–Trinajstić information content (AvgIpc) is 2.52. The van der Waals surface area contributed by atoms with Gasteiger partial charge in [-0.15, -0.1) is 0 Å². The Kier molecular flexibility index (Phi) is 4.82. The second-order valence-electron chi connectivity index (χ2n) is 4.85. The zero-order valence-electron chi connectivity index (χ0n) is 12.3. The number of anilines is 2. The van der Waals surface area contributed by atoms with Crippen LogP contribution in [0.25, 0.3) is 0 Å². The van der Waals surface area contributed by atoms with Crippen molar-refractivity contribution in [3.8, 4) is 5.75 Å². The Labute approximate surface area is 125 Å². The van der Waals surface area contributed by atoms with Gasteiger partial charge in [-0.1, -0.05) is 19.1 Å². The maximum absolute atomic E-state index is 12.6. The number of phenols is 1. The highest BCUT2D eigenvalue weighted by molar-refractivity contribution is 6.09. The first-order chi connectivity index (χ1) is 10.1. The molecule has 0 fully saturated rings. The second kappa shape index (κ2) is 6.79. The van der Waals surface area contributed by atoms with E-state index in [0.717, 1.165) is 24.3 Å². The van der Waals surface area contributed by atoms with Crippen LogP contribution in [0.1, 0.15) is 23.7 Å². The van der Waals surface area contributed by atoms with Crippen LogP contribution in [0.15, 0.2) is 48.5 Å². The lowest BCUT2D eigenvalue weighted by molar-refractivity contribution is 0.0993. The van der Waals surface area contributed by atoms with Gasteiger partial charge in [0, 0.05) is 25.0 Å². The van der Waals surface area contributed by atoms with Crippen LogP contribution in [-0.4, -0.2) is 24.6 Å². The van der Waals surface area contributed by atoms with Crippen LogP contribution in [0.4, 0.5) is 11.4 Å². The third kappa shape index (κ3) is 3.54. The molecular formula is C17H20N2O2. The molecule has 2 aromatic carbocycles. The Morgan fingerprint density at radius 3 is 2.48 bits per heavy atom. The zero-order valence-corrected chi connectivity index (χ0v) is 12.3. The summed E-state index contributed by atoms with van der Waals surface area (Å²) in [7, 11) is 1.73. The minimum Gasteiger partial charge on any atom is -0.508 e. The molecule has 0 heterocycles. The van der Waals surface area contributed by atoms with Crippen LogP contribution in [0.3, 0.4) is 0 Å². The Balaban J connectivity index is 2.24. The lowest BCUT2D eigenvalue weighted by atomic mass is 10.1. The fraction of sp³-hybridized carbons (Fsp3) is 0.235. The summed E-state index contributed by atoms with van der Waals surface area (Å²) in [6.45, 7) is 2.91. The quantitative estimate of drug-likeness (QED) is 0.883. The van der Waals surface area contributed by atoms with E-state index in [2.05, 4.69) is 12.2 Å². The summed E-state index contributed by atoms with van der Waals surface area (Å²) in [6.07, 6.45) is 0.996. The summed E-state index contributed by atoms with van der Waals surface area (Å²) in [5.41, 5.74) is 2.22. The standard InChI is InChI=1S/C17H20N2O2/c1-3-12-18-16-7-5-4-6-15(16)17(21)19(2)13-8-10-14(20)11-9-13/h4-11,18,20H,3,12H2,1-2H3. The molecule has 21 heavy (non-hydrogen) atoms. The number of benzene rings is 2. The predicted molar refractivity (Wildman–Crippen MR) is 86.1 cm³/mol. The molecule has 0 saturated carbocycles. The summed E-state index contributed by atoms with van der Waals surface area (Å²) in [5.74, 6) is 0.101. The van der Waals surface area contributed by atoms with Crippen molar-refractivity contribution in [2.24, 2.45) is 0 Å². The van der Waals surface area contributed by atoms with E-state index in [1.165, 1.54) is 0 Å². The molecule has 1 amide bonds. The van der Waals surface area contributed by atoms with Crippen molar-refractivity contribution in [2.45, 2.75) is 13.3 Å². The van der Waals surface area contributed by atoms with Gasteiger partial charge in [0.05, 0.1) is 5.56 Å². The molecule has 0 unspecified atom stereocenters. The van der Waals surface area contributed by atoms with Crippen LogP contribution >= 0.6 is 0 Å². The Morgan fingerprint density at radius 1 is 1.14 bits per heavy atom. The molecule has 4 nitrogen and oxygen atoms in total. The fourth-order valence-corrected chi connectivity index (χ4v) is 2.06. The summed E-state index contributed by atoms with van der Waals surface area (Å²) in [5, 5.41) is 12.6. The zero-order chi connectivity index (χ0) is 15.2. The van der Waals surface area contributed by atoms with E-state index in [1.54, 1.807) is 36.2 Å². The summed E-state index contributed by atoms with van der Waals surface area (Å²) >= 11 is 0. The number of para-hydroxylation sites is 1. The number of nitrogens with one attached hydrogen (secondary N) is 1. The molecule has 0 aliphatic rings. The number of hydrogen-bond donors (Lipinski definition) is 2. The molecule has 0 aliphatic heterocycles. The molecule has 2 N–H and O–H groups in total. The molecule has 0 bridgehead atoms. The predicted octanol–water partition coefficient (Wildman–Crippen LogP) is 3.49. The van der Waals surface area contributed by atoms with Gasteiger partial charge < -0.3 is 15.3 Å². The number of aromatic hydroxyl groups is 1. The molecule has 110 valence electrons. The van der Waals surface area contributed by atoms with Crippen molar-refractivity contribution in [3.05, 3.63) is 54.1 Å². The van der Waals surface area contributed by atoms with E-state index in [9.17, 15) is 9.90 Å². The molecule has 0 spiro atoms. The van der Waals surface area contributed by atoms with E-state index < -0.39 is 0 Å². The number of amides is 1. The summed E-state index contributed by atoms with van der Waals surface area (Å²) in [4.78, 5) is 14.2. The van der Waals surface area contributed by atoms with E-state index in [0.29, 0.717) is 5.56 Å². The molecule has 0 aliphatic carbocycles. The van der Waals surface area contributed by atoms with Crippen molar-refractivity contribution in [3.63, 3.8) is 0 Å². The Morgan fingerprint density at radius 2 is 1.81 bits per heavy atom. The monoisotopic (exact) mass is 284 g/mol. The highest BCUT2D eigenvalue weighted by Crippen LogP contribution is 2.22. The molecule has 4 heteroatoms. The molecule has 0 atom stereocenters. The van der Waals surface area contributed by atoms with Gasteiger partial charge in [-0.25, -0.2) is 0 Å². The van der Waals surface area contributed by atoms with Crippen LogP contribution in [0.2, 0.25) is 0 Å². The Bertz CT molecular complexity index is 608. The molecular weight excluding hydrogens is 264 g/mol. The number of phenolic OH excluding ortho intramolecular Hbond substituents is 1. The molecule has 2 rings (SSSR count). The fourth-order valence-electron chi connectivity index (χ4n) is 2.06. The molecule has 2 aromatic rings. The van der Waals surface area contributed by atoms with Gasteiger partial charge in [0.2, 0.25) is 0 Å². The number of carbonyl (C=O) groups is 1. The minimum absolute atomic E-state index is 0.0834. The molecule has 0 saturated heterocycles. The second-order valence-corrected chi connectivity index (χ2v) is 4.85. The number of carbonyl (C=O) groups excluding carboxylic acids is 1. The van der Waals surface area contributed by atoms with Crippen LogP contribution in [-0.2, 0) is 0 Å². The van der Waals surface area contributed by atoms with Crippen molar-refractivity contribution in [1.29, 1.82) is 0 Å². The van der Waals surface area contributed by atoms with Crippen LogP contribution in [0, 0.1) is 0 Å². The smallest absolute Gasteiger partial charge is 0.260 e. The van der Waals surface area contributed by atoms with E-state index in [1.807, 2.05) is 24.3 Å². The van der Waals surface area contributed by atoms with E-state index >= 15 is 0 Å². The van der Waals surface area contributed by atoms with Gasteiger partial charge >= 0.3 is 0 Å². The minimum atomic E-state index is -0.0834. The molecule has 0 aromatic heterocycles. The summed E-state index contributed by atoms with van der Waals surface area (Å²) < 4.78 is 0. The van der Waals surface area contributed by atoms with Gasteiger partial charge in [0.15, 0.2) is 0 Å². The lowest BCUT2D eigenvalue weighted by Crippen LogP contribution is -2.27.